The molecule has 0 bridgehead atoms. The zero-order chi connectivity index (χ0) is 24.3. The van der Waals surface area contributed by atoms with Gasteiger partial charge in [-0.25, -0.2) is 4.79 Å². The van der Waals surface area contributed by atoms with Crippen molar-refractivity contribution in [3.8, 4) is 0 Å². The van der Waals surface area contributed by atoms with Gasteiger partial charge in [0.1, 0.15) is 12.1 Å². The molecule has 9 N–H and O–H groups in total. The average molecular weight is 451 g/mol. The lowest BCUT2D eigenvalue weighted by Crippen LogP contribution is -2.54. The third-order valence-electron chi connectivity index (χ3n) is 4.11. The first kappa shape index (κ1) is 26.0. The lowest BCUT2D eigenvalue weighted by atomic mass is 10.0. The van der Waals surface area contributed by atoms with Gasteiger partial charge in [-0.1, -0.05) is 30.3 Å². The number of nitrogens with two attached hydrogens (primary N) is 2. The second kappa shape index (κ2) is 12.6. The molecule has 1 aromatic carbocycles. The molecule has 4 amide bonds. The van der Waals surface area contributed by atoms with Crippen molar-refractivity contribution in [3.05, 3.63) is 35.9 Å². The fourth-order valence-electron chi connectivity index (χ4n) is 2.56. The Morgan fingerprint density at radius 2 is 1.50 bits per heavy atom. The Balaban J connectivity index is 2.80. The van der Waals surface area contributed by atoms with E-state index in [4.69, 9.17) is 21.7 Å². The number of hydrogen-bond donors (Lipinski definition) is 7. The van der Waals surface area contributed by atoms with Crippen molar-refractivity contribution >= 4 is 35.6 Å². The maximum Gasteiger partial charge on any atom is 0.326 e. The van der Waals surface area contributed by atoms with Gasteiger partial charge in [0.25, 0.3) is 0 Å². The SMILES string of the molecule is NC(=O)CC(N)C(=O)NC(Cc1ccccc1)C(=O)NCC(=O)NC(CC(=O)O)C(=O)O. The molecule has 0 fully saturated rings. The van der Waals surface area contributed by atoms with Crippen LogP contribution in [0.5, 0.6) is 0 Å². The minimum Gasteiger partial charge on any atom is -0.481 e. The fraction of sp³-hybridized carbons (Fsp3) is 0.368. The van der Waals surface area contributed by atoms with E-state index < -0.39 is 73.1 Å². The van der Waals surface area contributed by atoms with E-state index in [1.165, 1.54) is 0 Å². The normalized spacial score (nSPS) is 13.2. The molecular weight excluding hydrogens is 426 g/mol. The molecular formula is C19H25N5O8. The summed E-state index contributed by atoms with van der Waals surface area (Å²) in [5.74, 6) is -6.32. The quantitative estimate of drug-likeness (QED) is 0.162. The summed E-state index contributed by atoms with van der Waals surface area (Å²) in [6, 6.07) is 4.45. The minimum atomic E-state index is -1.68. The number of carboxylic acid groups (broad SMARTS) is 2. The van der Waals surface area contributed by atoms with Crippen LogP contribution in [0.15, 0.2) is 30.3 Å². The summed E-state index contributed by atoms with van der Waals surface area (Å²) >= 11 is 0. The molecule has 1 rings (SSSR count). The molecule has 32 heavy (non-hydrogen) atoms. The summed E-state index contributed by atoms with van der Waals surface area (Å²) in [5, 5.41) is 24.3. The highest BCUT2D eigenvalue weighted by atomic mass is 16.4. The van der Waals surface area contributed by atoms with Crippen LogP contribution in [0.2, 0.25) is 0 Å². The molecule has 3 atom stereocenters. The molecule has 0 spiro atoms. The van der Waals surface area contributed by atoms with Gasteiger partial charge in [-0.15, -0.1) is 0 Å². The average Bonchev–Trinajstić information content (AvgIpc) is 2.70. The van der Waals surface area contributed by atoms with Gasteiger partial charge >= 0.3 is 11.9 Å². The zero-order valence-corrected chi connectivity index (χ0v) is 16.9. The fourth-order valence-corrected chi connectivity index (χ4v) is 2.56. The summed E-state index contributed by atoms with van der Waals surface area (Å²) in [6.07, 6.45) is -1.26. The second-order valence-corrected chi connectivity index (χ2v) is 6.80. The van der Waals surface area contributed by atoms with Crippen molar-refractivity contribution in [2.45, 2.75) is 37.4 Å². The van der Waals surface area contributed by atoms with Crippen LogP contribution < -0.4 is 27.4 Å². The van der Waals surface area contributed by atoms with Crippen LogP contribution in [0.4, 0.5) is 0 Å². The van der Waals surface area contributed by atoms with Crippen molar-refractivity contribution in [1.29, 1.82) is 0 Å². The molecule has 0 aromatic heterocycles. The maximum absolute atomic E-state index is 12.6. The maximum atomic E-state index is 12.6. The first-order valence-corrected chi connectivity index (χ1v) is 9.39. The van der Waals surface area contributed by atoms with Crippen LogP contribution in [-0.4, -0.2) is 70.5 Å². The van der Waals surface area contributed by atoms with Gasteiger partial charge in [-0.3, -0.25) is 24.0 Å². The number of primary amides is 1. The van der Waals surface area contributed by atoms with Crippen molar-refractivity contribution in [2.24, 2.45) is 11.5 Å². The molecule has 3 unspecified atom stereocenters. The van der Waals surface area contributed by atoms with Crippen LogP contribution in [0.3, 0.4) is 0 Å². The van der Waals surface area contributed by atoms with Crippen LogP contribution in [0.1, 0.15) is 18.4 Å². The van der Waals surface area contributed by atoms with E-state index in [0.717, 1.165) is 0 Å². The topological polar surface area (TPSA) is 231 Å². The molecule has 174 valence electrons. The van der Waals surface area contributed by atoms with Gasteiger partial charge in [0.2, 0.25) is 23.6 Å². The third kappa shape index (κ3) is 9.67. The Morgan fingerprint density at radius 1 is 0.875 bits per heavy atom. The summed E-state index contributed by atoms with van der Waals surface area (Å²) in [4.78, 5) is 69.4. The highest BCUT2D eigenvalue weighted by Crippen LogP contribution is 2.04. The van der Waals surface area contributed by atoms with Gasteiger partial charge in [0.05, 0.1) is 25.4 Å². The van der Waals surface area contributed by atoms with Gasteiger partial charge in [-0.05, 0) is 5.56 Å². The number of carboxylic acids is 2. The van der Waals surface area contributed by atoms with Gasteiger partial charge in [-0.2, -0.15) is 0 Å². The number of amides is 4. The van der Waals surface area contributed by atoms with Crippen LogP contribution >= 0.6 is 0 Å². The molecule has 0 heterocycles. The van der Waals surface area contributed by atoms with E-state index in [9.17, 15) is 28.8 Å². The van der Waals surface area contributed by atoms with E-state index in [1.807, 2.05) is 5.32 Å². The molecule has 0 aliphatic heterocycles. The number of aliphatic carboxylic acids is 2. The Morgan fingerprint density at radius 3 is 2.03 bits per heavy atom. The van der Waals surface area contributed by atoms with Crippen molar-refractivity contribution < 1.29 is 39.0 Å². The molecule has 1 aromatic rings. The second-order valence-electron chi connectivity index (χ2n) is 6.80. The van der Waals surface area contributed by atoms with Gasteiger partial charge in [0, 0.05) is 6.42 Å². The lowest BCUT2D eigenvalue weighted by molar-refractivity contribution is -0.147. The van der Waals surface area contributed by atoms with Crippen LogP contribution in [-0.2, 0) is 35.2 Å². The monoisotopic (exact) mass is 451 g/mol. The zero-order valence-electron chi connectivity index (χ0n) is 16.9. The summed E-state index contributed by atoms with van der Waals surface area (Å²) in [5.41, 5.74) is 11.3. The third-order valence-corrected chi connectivity index (χ3v) is 4.11. The predicted molar refractivity (Wildman–Crippen MR) is 109 cm³/mol. The molecule has 0 aliphatic carbocycles. The summed E-state index contributed by atoms with van der Waals surface area (Å²) in [7, 11) is 0. The number of benzene rings is 1. The number of rotatable bonds is 13. The molecule has 13 nitrogen and oxygen atoms in total. The number of hydrogen-bond acceptors (Lipinski definition) is 7. The van der Waals surface area contributed by atoms with E-state index in [0.29, 0.717) is 5.56 Å². The van der Waals surface area contributed by atoms with Crippen molar-refractivity contribution in [2.75, 3.05) is 6.54 Å². The Hall–Kier alpha value is -4.00. The standard InChI is InChI=1S/C19H25N5O8/c20-11(7-14(21)25)17(29)24-12(6-10-4-2-1-3-5-10)18(30)22-9-15(26)23-13(19(31)32)8-16(27)28/h1-5,11-13H,6-9,20H2,(H2,21,25)(H,22,30)(H,23,26)(H,24,29)(H,27,28)(H,31,32). The molecule has 13 heteroatoms. The number of carbonyl (C=O) groups is 6. The largest absolute Gasteiger partial charge is 0.481 e. The Labute approximate surface area is 182 Å². The smallest absolute Gasteiger partial charge is 0.326 e. The minimum absolute atomic E-state index is 0.0279. The van der Waals surface area contributed by atoms with Crippen LogP contribution in [0, 0.1) is 0 Å². The molecule has 0 radical (unpaired) electrons. The van der Waals surface area contributed by atoms with E-state index >= 15 is 0 Å². The predicted octanol–water partition coefficient (Wildman–Crippen LogP) is -2.92. The van der Waals surface area contributed by atoms with Crippen LogP contribution in [0.25, 0.3) is 0 Å². The van der Waals surface area contributed by atoms with E-state index in [1.54, 1.807) is 30.3 Å². The van der Waals surface area contributed by atoms with E-state index in [2.05, 4.69) is 10.6 Å². The highest BCUT2D eigenvalue weighted by Gasteiger charge is 2.26. The number of carbonyl (C=O) groups excluding carboxylic acids is 4. The Kier molecular flexibility index (Phi) is 10.3. The van der Waals surface area contributed by atoms with Gasteiger partial charge in [0.15, 0.2) is 0 Å². The number of nitrogens with one attached hydrogen (secondary N) is 3. The first-order chi connectivity index (χ1) is 15.0. The molecule has 0 saturated heterocycles. The Bertz CT molecular complexity index is 861. The van der Waals surface area contributed by atoms with E-state index in [-0.39, 0.29) is 6.42 Å². The van der Waals surface area contributed by atoms with Crippen molar-refractivity contribution in [1.82, 2.24) is 16.0 Å². The molecule has 0 saturated carbocycles. The van der Waals surface area contributed by atoms with Crippen molar-refractivity contribution in [3.63, 3.8) is 0 Å². The first-order valence-electron chi connectivity index (χ1n) is 9.39. The summed E-state index contributed by atoms with van der Waals surface area (Å²) in [6.45, 7) is -0.670. The lowest BCUT2D eigenvalue weighted by Gasteiger charge is -2.21. The van der Waals surface area contributed by atoms with Gasteiger partial charge < -0.3 is 37.6 Å². The molecule has 0 aliphatic rings. The highest BCUT2D eigenvalue weighted by molar-refractivity contribution is 5.94. The summed E-state index contributed by atoms with van der Waals surface area (Å²) < 4.78 is 0.